The molecule has 1 atom stereocenters. The minimum Gasteiger partial charge on any atom is -0.410 e. The van der Waals surface area contributed by atoms with Crippen molar-refractivity contribution in [1.29, 1.82) is 0 Å². The van der Waals surface area contributed by atoms with Crippen LogP contribution >= 0.6 is 0 Å². The summed E-state index contributed by atoms with van der Waals surface area (Å²) in [5, 5.41) is 10.7. The van der Waals surface area contributed by atoms with Crippen molar-refractivity contribution in [3.63, 3.8) is 0 Å². The first-order valence-electron chi connectivity index (χ1n) is 7.47. The van der Waals surface area contributed by atoms with Gasteiger partial charge in [-0.05, 0) is 17.7 Å². The van der Waals surface area contributed by atoms with Gasteiger partial charge in [-0.1, -0.05) is 30.3 Å². The highest BCUT2D eigenvalue weighted by atomic mass is 16.6. The highest BCUT2D eigenvalue weighted by Gasteiger charge is 2.36. The molecule has 2 aromatic rings. The predicted octanol–water partition coefficient (Wildman–Crippen LogP) is 2.69. The Balaban J connectivity index is 1.80. The third-order valence-electron chi connectivity index (χ3n) is 3.72. The average molecular weight is 342 g/mol. The maximum absolute atomic E-state index is 12.5. The molecule has 0 spiro atoms. The summed E-state index contributed by atoms with van der Waals surface area (Å²) in [6, 6.07) is 13.5. The van der Waals surface area contributed by atoms with Gasteiger partial charge in [-0.15, -0.1) is 0 Å². The van der Waals surface area contributed by atoms with Gasteiger partial charge in [0.25, 0.3) is 11.6 Å². The third kappa shape index (κ3) is 3.64. The fourth-order valence-electron chi connectivity index (χ4n) is 2.51. The van der Waals surface area contributed by atoms with Crippen LogP contribution in [-0.4, -0.2) is 35.0 Å². The fourth-order valence-corrected chi connectivity index (χ4v) is 2.51. The van der Waals surface area contributed by atoms with Crippen LogP contribution in [0.5, 0.6) is 5.75 Å². The van der Waals surface area contributed by atoms with Crippen molar-refractivity contribution >= 4 is 17.7 Å². The zero-order valence-electron chi connectivity index (χ0n) is 13.0. The molecule has 1 aliphatic rings. The van der Waals surface area contributed by atoms with Gasteiger partial charge in [0.2, 0.25) is 0 Å². The highest BCUT2D eigenvalue weighted by Crippen LogP contribution is 2.26. The molecule has 8 nitrogen and oxygen atoms in total. The Hall–Kier alpha value is -3.26. The summed E-state index contributed by atoms with van der Waals surface area (Å²) in [4.78, 5) is 35.8. The molecule has 1 heterocycles. The topological polar surface area (TPSA) is 99.0 Å². The molecule has 1 unspecified atom stereocenters. The first-order valence-corrected chi connectivity index (χ1v) is 7.47. The second-order valence-electron chi connectivity index (χ2n) is 5.32. The summed E-state index contributed by atoms with van der Waals surface area (Å²) in [5.41, 5.74) is 0.626. The molecule has 25 heavy (non-hydrogen) atoms. The van der Waals surface area contributed by atoms with Gasteiger partial charge in [-0.25, -0.2) is 9.69 Å². The molecule has 0 bridgehead atoms. The van der Waals surface area contributed by atoms with E-state index in [0.29, 0.717) is 0 Å². The molecule has 2 amide bonds. The molecule has 0 N–H and O–H groups in total. The normalized spacial score (nSPS) is 17.2. The molecule has 0 aliphatic carbocycles. The Morgan fingerprint density at radius 3 is 2.48 bits per heavy atom. The molecule has 1 saturated heterocycles. The number of benzene rings is 2. The number of hydrogen-bond donors (Lipinski definition) is 0. The van der Waals surface area contributed by atoms with E-state index in [1.807, 2.05) is 6.07 Å². The van der Waals surface area contributed by atoms with E-state index in [-0.39, 0.29) is 24.7 Å². The van der Waals surface area contributed by atoms with Crippen molar-refractivity contribution in [1.82, 2.24) is 4.90 Å². The Morgan fingerprint density at radius 2 is 1.84 bits per heavy atom. The van der Waals surface area contributed by atoms with Gasteiger partial charge in [-0.3, -0.25) is 14.9 Å². The molecule has 128 valence electrons. The molecule has 0 radical (unpaired) electrons. The first kappa shape index (κ1) is 16.6. The number of ether oxygens (including phenoxy) is 2. The van der Waals surface area contributed by atoms with Crippen LogP contribution in [0.25, 0.3) is 0 Å². The lowest BCUT2D eigenvalue weighted by Crippen LogP contribution is -2.48. The van der Waals surface area contributed by atoms with Crippen LogP contribution in [0.1, 0.15) is 11.6 Å². The van der Waals surface area contributed by atoms with Crippen molar-refractivity contribution in [2.75, 3.05) is 13.2 Å². The van der Waals surface area contributed by atoms with E-state index >= 15 is 0 Å². The minimum atomic E-state index is -0.851. The number of amides is 2. The summed E-state index contributed by atoms with van der Waals surface area (Å²) in [6.07, 6.45) is -0.851. The van der Waals surface area contributed by atoms with Gasteiger partial charge < -0.3 is 9.47 Å². The summed E-state index contributed by atoms with van der Waals surface area (Å²) in [6.45, 7) is -0.0379. The number of carbonyl (C=O) groups is 2. The van der Waals surface area contributed by atoms with Crippen LogP contribution in [0.4, 0.5) is 10.5 Å². The van der Waals surface area contributed by atoms with Crippen LogP contribution in [-0.2, 0) is 9.53 Å². The summed E-state index contributed by atoms with van der Waals surface area (Å²) in [5.74, 6) is -0.395. The highest BCUT2D eigenvalue weighted by molar-refractivity contribution is 5.94. The number of morpholine rings is 1. The van der Waals surface area contributed by atoms with Gasteiger partial charge in [0.15, 0.2) is 0 Å². The van der Waals surface area contributed by atoms with E-state index in [0.717, 1.165) is 10.5 Å². The van der Waals surface area contributed by atoms with E-state index in [4.69, 9.17) is 9.47 Å². The Morgan fingerprint density at radius 1 is 1.16 bits per heavy atom. The molecule has 3 rings (SSSR count). The number of hydrogen-bond acceptors (Lipinski definition) is 6. The van der Waals surface area contributed by atoms with E-state index < -0.39 is 23.0 Å². The van der Waals surface area contributed by atoms with E-state index in [1.165, 1.54) is 24.3 Å². The van der Waals surface area contributed by atoms with Gasteiger partial charge in [0, 0.05) is 12.1 Å². The number of carbonyl (C=O) groups excluding carboxylic acids is 2. The lowest BCUT2D eigenvalue weighted by Gasteiger charge is -2.33. The standard InChI is InChI=1S/C17H14N2O6/c20-16-11-24-10-15(12-4-2-1-3-5-12)18(16)17(21)25-14-8-6-13(7-9-14)19(22)23/h1-9,15H,10-11H2. The van der Waals surface area contributed by atoms with Crippen molar-refractivity contribution in [2.24, 2.45) is 0 Å². The monoisotopic (exact) mass is 342 g/mol. The predicted molar refractivity (Wildman–Crippen MR) is 86.0 cm³/mol. The Kier molecular flexibility index (Phi) is 4.71. The van der Waals surface area contributed by atoms with Crippen LogP contribution in [0.2, 0.25) is 0 Å². The summed E-state index contributed by atoms with van der Waals surface area (Å²) >= 11 is 0. The van der Waals surface area contributed by atoms with E-state index in [9.17, 15) is 19.7 Å². The molecule has 0 aromatic heterocycles. The van der Waals surface area contributed by atoms with Crippen LogP contribution in [0.15, 0.2) is 54.6 Å². The quantitative estimate of drug-likeness (QED) is 0.628. The van der Waals surface area contributed by atoms with Gasteiger partial charge in [-0.2, -0.15) is 0 Å². The molecule has 8 heteroatoms. The SMILES string of the molecule is O=C1COCC(c2ccccc2)N1C(=O)Oc1ccc([N+](=O)[O-])cc1. The van der Waals surface area contributed by atoms with Crippen LogP contribution in [0.3, 0.4) is 0 Å². The van der Waals surface area contributed by atoms with Crippen LogP contribution in [0, 0.1) is 10.1 Å². The minimum absolute atomic E-state index is 0.113. The summed E-state index contributed by atoms with van der Waals surface area (Å²) in [7, 11) is 0. The molecule has 1 aliphatic heterocycles. The zero-order valence-corrected chi connectivity index (χ0v) is 13.0. The maximum Gasteiger partial charge on any atom is 0.422 e. The number of nitro benzene ring substituents is 1. The number of nitrogens with zero attached hydrogens (tertiary/aromatic N) is 2. The number of non-ortho nitro benzene ring substituents is 1. The zero-order chi connectivity index (χ0) is 17.8. The molecular formula is C17H14N2O6. The number of imide groups is 1. The van der Waals surface area contributed by atoms with E-state index in [1.54, 1.807) is 24.3 Å². The maximum atomic E-state index is 12.5. The largest absolute Gasteiger partial charge is 0.422 e. The third-order valence-corrected chi connectivity index (χ3v) is 3.72. The smallest absolute Gasteiger partial charge is 0.410 e. The molecule has 2 aromatic carbocycles. The number of rotatable bonds is 3. The Labute approximate surface area is 142 Å². The lowest BCUT2D eigenvalue weighted by atomic mass is 10.1. The fraction of sp³-hybridized carbons (Fsp3) is 0.176. The molecule has 1 fully saturated rings. The Bertz CT molecular complexity index is 791. The second-order valence-corrected chi connectivity index (χ2v) is 5.32. The first-order chi connectivity index (χ1) is 12.1. The summed E-state index contributed by atoms with van der Waals surface area (Å²) < 4.78 is 10.4. The van der Waals surface area contributed by atoms with Crippen molar-refractivity contribution < 1.29 is 24.0 Å². The van der Waals surface area contributed by atoms with Crippen molar-refractivity contribution in [3.8, 4) is 5.75 Å². The number of nitro groups is 1. The lowest BCUT2D eigenvalue weighted by molar-refractivity contribution is -0.384. The van der Waals surface area contributed by atoms with Gasteiger partial charge in [0.05, 0.1) is 17.6 Å². The van der Waals surface area contributed by atoms with Crippen LogP contribution < -0.4 is 4.74 Å². The average Bonchev–Trinajstić information content (AvgIpc) is 2.62. The van der Waals surface area contributed by atoms with Gasteiger partial charge in [0.1, 0.15) is 12.4 Å². The van der Waals surface area contributed by atoms with E-state index in [2.05, 4.69) is 0 Å². The second kappa shape index (κ2) is 7.10. The van der Waals surface area contributed by atoms with Gasteiger partial charge >= 0.3 is 6.09 Å². The molecule has 0 saturated carbocycles. The van der Waals surface area contributed by atoms with Crippen molar-refractivity contribution in [2.45, 2.75) is 6.04 Å². The molecular weight excluding hydrogens is 328 g/mol. The van der Waals surface area contributed by atoms with Crippen molar-refractivity contribution in [3.05, 3.63) is 70.3 Å².